The molecule has 1 aromatic rings. The molecule has 0 spiro atoms. The molecule has 0 radical (unpaired) electrons. The van der Waals surface area contributed by atoms with Gasteiger partial charge in [-0.15, -0.1) is 0 Å². The molecule has 1 saturated heterocycles. The minimum absolute atomic E-state index is 0.178. The van der Waals surface area contributed by atoms with Crippen molar-refractivity contribution in [3.05, 3.63) is 34.9 Å². The van der Waals surface area contributed by atoms with Crippen LogP contribution in [0.1, 0.15) is 37.9 Å². The molecule has 1 fully saturated rings. The molecule has 0 aromatic heterocycles. The van der Waals surface area contributed by atoms with Crippen molar-refractivity contribution in [2.24, 2.45) is 17.6 Å². The Hall–Kier alpha value is -1.10. The summed E-state index contributed by atoms with van der Waals surface area (Å²) in [6.07, 6.45) is 1.68. The first kappa shape index (κ1) is 17.3. The summed E-state index contributed by atoms with van der Waals surface area (Å²) in [4.78, 5) is 14.0. The van der Waals surface area contributed by atoms with E-state index in [0.717, 1.165) is 18.4 Å². The number of rotatable bonds is 5. The van der Waals surface area contributed by atoms with Gasteiger partial charge in [0.15, 0.2) is 0 Å². The van der Waals surface area contributed by atoms with Crippen LogP contribution >= 0.6 is 11.6 Å². The average Bonchev–Trinajstić information content (AvgIpc) is 2.55. The molecule has 1 amide bonds. The maximum atomic E-state index is 12.1. The van der Waals surface area contributed by atoms with Gasteiger partial charge in [-0.1, -0.05) is 30.7 Å². The van der Waals surface area contributed by atoms with Gasteiger partial charge in [0.2, 0.25) is 5.91 Å². The number of nitrogens with zero attached hydrogens (tertiary/aromatic N) is 1. The largest absolute Gasteiger partial charge is 0.388 e. The molecule has 1 heterocycles. The van der Waals surface area contributed by atoms with Gasteiger partial charge in [-0.3, -0.25) is 4.79 Å². The molecule has 2 atom stereocenters. The molecule has 0 saturated carbocycles. The van der Waals surface area contributed by atoms with Crippen LogP contribution in [0, 0.1) is 11.8 Å². The lowest BCUT2D eigenvalue weighted by Crippen LogP contribution is -2.40. The van der Waals surface area contributed by atoms with E-state index in [-0.39, 0.29) is 17.7 Å². The second-order valence-electron chi connectivity index (χ2n) is 6.26. The number of benzene rings is 1. The van der Waals surface area contributed by atoms with Crippen LogP contribution in [0.15, 0.2) is 24.3 Å². The fourth-order valence-corrected chi connectivity index (χ4v) is 3.03. The number of nitrogens with two attached hydrogens (primary N) is 1. The van der Waals surface area contributed by atoms with Crippen molar-refractivity contribution >= 4 is 17.5 Å². The molecule has 122 valence electrons. The van der Waals surface area contributed by atoms with E-state index in [9.17, 15) is 9.90 Å². The highest BCUT2D eigenvalue weighted by Crippen LogP contribution is 2.31. The highest BCUT2D eigenvalue weighted by atomic mass is 35.5. The third kappa shape index (κ3) is 4.45. The lowest BCUT2D eigenvalue weighted by Gasteiger charge is -2.35. The van der Waals surface area contributed by atoms with E-state index in [1.165, 1.54) is 0 Å². The Morgan fingerprint density at radius 2 is 1.95 bits per heavy atom. The summed E-state index contributed by atoms with van der Waals surface area (Å²) in [5.74, 6) is 0.597. The van der Waals surface area contributed by atoms with Crippen molar-refractivity contribution in [2.45, 2.75) is 32.3 Å². The van der Waals surface area contributed by atoms with Gasteiger partial charge in [0.1, 0.15) is 0 Å². The molecule has 1 aromatic carbocycles. The first-order valence-electron chi connectivity index (χ1n) is 7.92. The van der Waals surface area contributed by atoms with Crippen LogP contribution in [0.3, 0.4) is 0 Å². The van der Waals surface area contributed by atoms with Gasteiger partial charge < -0.3 is 15.7 Å². The smallest absolute Gasteiger partial charge is 0.222 e. The van der Waals surface area contributed by atoms with Gasteiger partial charge in [0, 0.05) is 24.5 Å². The molecule has 5 heteroatoms. The van der Waals surface area contributed by atoms with E-state index in [4.69, 9.17) is 17.3 Å². The zero-order chi connectivity index (χ0) is 16.1. The zero-order valence-corrected chi connectivity index (χ0v) is 13.8. The Morgan fingerprint density at radius 1 is 1.36 bits per heavy atom. The minimum atomic E-state index is -0.488. The minimum Gasteiger partial charge on any atom is -0.388 e. The van der Waals surface area contributed by atoms with Crippen molar-refractivity contribution < 1.29 is 9.90 Å². The highest BCUT2D eigenvalue weighted by Gasteiger charge is 2.28. The van der Waals surface area contributed by atoms with Crippen molar-refractivity contribution in [3.8, 4) is 0 Å². The molecule has 0 bridgehead atoms. The molecular weight excluding hydrogens is 300 g/mol. The average molecular weight is 325 g/mol. The lowest BCUT2D eigenvalue weighted by molar-refractivity contribution is -0.134. The molecular formula is C17H25ClN2O2. The Bertz CT molecular complexity index is 484. The Morgan fingerprint density at radius 3 is 2.50 bits per heavy atom. The van der Waals surface area contributed by atoms with Crippen molar-refractivity contribution in [2.75, 3.05) is 19.6 Å². The van der Waals surface area contributed by atoms with E-state index in [2.05, 4.69) is 0 Å². The maximum absolute atomic E-state index is 12.1. The second-order valence-corrected chi connectivity index (χ2v) is 6.70. The van der Waals surface area contributed by atoms with E-state index in [1.807, 2.05) is 24.0 Å². The third-order valence-electron chi connectivity index (χ3n) is 4.48. The second kappa shape index (κ2) is 7.95. The Balaban J connectivity index is 1.86. The number of carbonyl (C=O) groups is 1. The third-order valence-corrected chi connectivity index (χ3v) is 4.73. The number of halogens is 1. The van der Waals surface area contributed by atoms with E-state index >= 15 is 0 Å². The summed E-state index contributed by atoms with van der Waals surface area (Å²) >= 11 is 5.87. The van der Waals surface area contributed by atoms with Crippen molar-refractivity contribution in [1.82, 2.24) is 4.90 Å². The standard InChI is InChI=1S/C17H25ClN2O2/c1-12(11-19)10-16(21)20-8-6-14(7-9-20)17(22)13-2-4-15(18)5-3-13/h2-5,12,14,17,22H,6-11,19H2,1H3. The number of carbonyl (C=O) groups excluding carboxylic acids is 1. The molecule has 2 unspecified atom stereocenters. The number of likely N-dealkylation sites (tertiary alicyclic amines) is 1. The quantitative estimate of drug-likeness (QED) is 0.875. The van der Waals surface area contributed by atoms with Crippen molar-refractivity contribution in [3.63, 3.8) is 0 Å². The number of hydrogen-bond donors (Lipinski definition) is 2. The van der Waals surface area contributed by atoms with E-state index in [1.54, 1.807) is 12.1 Å². The summed E-state index contributed by atoms with van der Waals surface area (Å²) in [6.45, 7) is 3.96. The molecule has 22 heavy (non-hydrogen) atoms. The fourth-order valence-electron chi connectivity index (χ4n) is 2.91. The first-order valence-corrected chi connectivity index (χ1v) is 8.30. The van der Waals surface area contributed by atoms with Crippen LogP contribution < -0.4 is 5.73 Å². The first-order chi connectivity index (χ1) is 10.5. The normalized spacial score (nSPS) is 19.0. The number of aliphatic hydroxyl groups is 1. The van der Waals surface area contributed by atoms with Gasteiger partial charge in [0.25, 0.3) is 0 Å². The highest BCUT2D eigenvalue weighted by molar-refractivity contribution is 6.30. The lowest BCUT2D eigenvalue weighted by atomic mass is 9.87. The van der Waals surface area contributed by atoms with Crippen LogP contribution in [0.4, 0.5) is 0 Å². The summed E-state index contributed by atoms with van der Waals surface area (Å²) < 4.78 is 0. The number of hydrogen-bond acceptors (Lipinski definition) is 3. The van der Waals surface area contributed by atoms with E-state index in [0.29, 0.717) is 31.1 Å². The molecule has 4 nitrogen and oxygen atoms in total. The predicted molar refractivity (Wildman–Crippen MR) is 88.6 cm³/mol. The zero-order valence-electron chi connectivity index (χ0n) is 13.0. The van der Waals surface area contributed by atoms with Crippen LogP contribution in [-0.2, 0) is 4.79 Å². The Kier molecular flexibility index (Phi) is 6.24. The summed E-state index contributed by atoms with van der Waals surface area (Å²) in [5.41, 5.74) is 6.47. The Labute approximate surface area is 137 Å². The van der Waals surface area contributed by atoms with Crippen LogP contribution in [0.2, 0.25) is 5.02 Å². The van der Waals surface area contributed by atoms with Gasteiger partial charge in [-0.2, -0.15) is 0 Å². The fraction of sp³-hybridized carbons (Fsp3) is 0.588. The van der Waals surface area contributed by atoms with Gasteiger partial charge in [-0.05, 0) is 48.9 Å². The van der Waals surface area contributed by atoms with Gasteiger partial charge in [-0.25, -0.2) is 0 Å². The number of aliphatic hydroxyl groups excluding tert-OH is 1. The molecule has 1 aliphatic heterocycles. The van der Waals surface area contributed by atoms with Crippen LogP contribution in [0.5, 0.6) is 0 Å². The summed E-state index contributed by atoms with van der Waals surface area (Å²) in [7, 11) is 0. The van der Waals surface area contributed by atoms with Crippen LogP contribution in [-0.4, -0.2) is 35.5 Å². The number of amides is 1. The topological polar surface area (TPSA) is 66.6 Å². The van der Waals surface area contributed by atoms with Crippen molar-refractivity contribution in [1.29, 1.82) is 0 Å². The van der Waals surface area contributed by atoms with E-state index < -0.39 is 6.10 Å². The van der Waals surface area contributed by atoms with Gasteiger partial charge >= 0.3 is 0 Å². The predicted octanol–water partition coefficient (Wildman–Crippen LogP) is 2.60. The number of piperidine rings is 1. The molecule has 2 rings (SSSR count). The summed E-state index contributed by atoms with van der Waals surface area (Å²) in [5, 5.41) is 11.2. The molecule has 3 N–H and O–H groups in total. The molecule has 0 aliphatic carbocycles. The SMILES string of the molecule is CC(CN)CC(=O)N1CCC(C(O)c2ccc(Cl)cc2)CC1. The summed E-state index contributed by atoms with van der Waals surface area (Å²) in [6, 6.07) is 7.33. The van der Waals surface area contributed by atoms with Gasteiger partial charge in [0.05, 0.1) is 6.10 Å². The maximum Gasteiger partial charge on any atom is 0.222 e. The monoisotopic (exact) mass is 324 g/mol. The van der Waals surface area contributed by atoms with Crippen LogP contribution in [0.25, 0.3) is 0 Å². The molecule has 1 aliphatic rings.